The van der Waals surface area contributed by atoms with E-state index in [0.29, 0.717) is 6.42 Å². The van der Waals surface area contributed by atoms with Crippen LogP contribution in [0.3, 0.4) is 0 Å². The summed E-state index contributed by atoms with van der Waals surface area (Å²) < 4.78 is 33.8. The summed E-state index contributed by atoms with van der Waals surface area (Å²) >= 11 is 0. The van der Waals surface area contributed by atoms with Gasteiger partial charge in [-0.3, -0.25) is 8.98 Å². The molecular weight excluding hydrogens is 316 g/mol. The van der Waals surface area contributed by atoms with Crippen LogP contribution in [-0.4, -0.2) is 28.1 Å². The molecule has 0 N–H and O–H groups in total. The smallest absolute Gasteiger partial charge is 0.307 e. The third-order valence-corrected chi connectivity index (χ3v) is 5.13. The average Bonchev–Trinajstić information content (AvgIpc) is 2.92. The van der Waals surface area contributed by atoms with Crippen molar-refractivity contribution in [2.45, 2.75) is 17.7 Å². The molecule has 6 heteroatoms. The van der Waals surface area contributed by atoms with Gasteiger partial charge in [0.1, 0.15) is 0 Å². The maximum absolute atomic E-state index is 12.2. The molecule has 120 valence electrons. The minimum Gasteiger partial charge on any atom is -0.469 e. The number of benzene rings is 2. The first-order chi connectivity index (χ1) is 11.0. The van der Waals surface area contributed by atoms with Gasteiger partial charge in [-0.05, 0) is 40.8 Å². The van der Waals surface area contributed by atoms with Crippen molar-refractivity contribution < 1.29 is 22.1 Å². The zero-order chi connectivity index (χ0) is 16.4. The van der Waals surface area contributed by atoms with Crippen molar-refractivity contribution in [2.24, 2.45) is 0 Å². The van der Waals surface area contributed by atoms with E-state index in [4.69, 9.17) is 4.18 Å². The first-order valence-electron chi connectivity index (χ1n) is 7.19. The van der Waals surface area contributed by atoms with E-state index in [2.05, 4.69) is 4.74 Å². The molecular formula is C17H16O5S. The average molecular weight is 332 g/mol. The van der Waals surface area contributed by atoms with E-state index in [0.717, 1.165) is 16.7 Å². The van der Waals surface area contributed by atoms with Crippen molar-refractivity contribution in [1.29, 1.82) is 0 Å². The topological polar surface area (TPSA) is 69.7 Å². The summed E-state index contributed by atoms with van der Waals surface area (Å²) in [6, 6.07) is 13.0. The fraction of sp³-hybridized carbons (Fsp3) is 0.235. The van der Waals surface area contributed by atoms with Crippen LogP contribution < -0.4 is 0 Å². The van der Waals surface area contributed by atoms with E-state index in [-0.39, 0.29) is 17.9 Å². The van der Waals surface area contributed by atoms with Gasteiger partial charge in [0.25, 0.3) is 10.1 Å². The molecule has 0 spiro atoms. The Morgan fingerprint density at radius 3 is 2.61 bits per heavy atom. The van der Waals surface area contributed by atoms with E-state index < -0.39 is 16.1 Å². The quantitative estimate of drug-likeness (QED) is 0.530. The van der Waals surface area contributed by atoms with Gasteiger partial charge in [0.2, 0.25) is 0 Å². The third kappa shape index (κ3) is 3.13. The summed E-state index contributed by atoms with van der Waals surface area (Å²) in [6.45, 7) is -0.230. The van der Waals surface area contributed by atoms with E-state index in [9.17, 15) is 13.2 Å². The lowest BCUT2D eigenvalue weighted by Crippen LogP contribution is -2.11. The summed E-state index contributed by atoms with van der Waals surface area (Å²) in [5.41, 5.74) is 4.33. The van der Waals surface area contributed by atoms with Crippen molar-refractivity contribution in [2.75, 3.05) is 13.7 Å². The van der Waals surface area contributed by atoms with Gasteiger partial charge >= 0.3 is 5.97 Å². The largest absolute Gasteiger partial charge is 0.469 e. The highest BCUT2D eigenvalue weighted by molar-refractivity contribution is 7.86. The predicted molar refractivity (Wildman–Crippen MR) is 84.5 cm³/mol. The Kier molecular flexibility index (Phi) is 4.19. The van der Waals surface area contributed by atoms with Gasteiger partial charge in [-0.15, -0.1) is 0 Å². The molecule has 0 radical (unpaired) electrons. The summed E-state index contributed by atoms with van der Waals surface area (Å²) in [4.78, 5) is 11.1. The SMILES string of the molecule is COC(=O)CCOS(=O)(=O)c1ccc2c(c1)Cc1ccccc1-2. The van der Waals surface area contributed by atoms with Crippen LogP contribution in [0.25, 0.3) is 11.1 Å². The van der Waals surface area contributed by atoms with Crippen LogP contribution in [0.15, 0.2) is 47.4 Å². The Labute approximate surface area is 135 Å². The van der Waals surface area contributed by atoms with Gasteiger partial charge in [0.15, 0.2) is 0 Å². The van der Waals surface area contributed by atoms with Crippen molar-refractivity contribution >= 4 is 16.1 Å². The highest BCUT2D eigenvalue weighted by atomic mass is 32.2. The molecule has 0 aliphatic heterocycles. The maximum atomic E-state index is 12.2. The summed E-state index contributed by atoms with van der Waals surface area (Å²) in [5.74, 6) is -0.510. The first kappa shape index (κ1) is 15.7. The Bertz CT molecular complexity index is 855. The lowest BCUT2D eigenvalue weighted by molar-refractivity contribution is -0.141. The van der Waals surface area contributed by atoms with Crippen LogP contribution in [-0.2, 0) is 30.3 Å². The molecule has 0 saturated carbocycles. The lowest BCUT2D eigenvalue weighted by Gasteiger charge is -2.07. The first-order valence-corrected chi connectivity index (χ1v) is 8.59. The van der Waals surface area contributed by atoms with E-state index in [1.165, 1.54) is 18.7 Å². The van der Waals surface area contributed by atoms with Gasteiger partial charge in [-0.25, -0.2) is 0 Å². The normalized spacial score (nSPS) is 12.6. The molecule has 0 unspecified atom stereocenters. The molecule has 5 nitrogen and oxygen atoms in total. The second kappa shape index (κ2) is 6.14. The minimum atomic E-state index is -3.88. The molecule has 1 aliphatic carbocycles. The Morgan fingerprint density at radius 2 is 1.83 bits per heavy atom. The fourth-order valence-electron chi connectivity index (χ4n) is 2.68. The monoisotopic (exact) mass is 332 g/mol. The van der Waals surface area contributed by atoms with Gasteiger partial charge in [0.05, 0.1) is 25.0 Å². The molecule has 1 aliphatic rings. The van der Waals surface area contributed by atoms with Crippen molar-refractivity contribution in [1.82, 2.24) is 0 Å². The number of ether oxygens (including phenoxy) is 1. The second-order valence-corrected chi connectivity index (χ2v) is 6.87. The zero-order valence-corrected chi connectivity index (χ0v) is 13.4. The van der Waals surface area contributed by atoms with Gasteiger partial charge in [-0.1, -0.05) is 30.3 Å². The van der Waals surface area contributed by atoms with E-state index in [1.54, 1.807) is 12.1 Å². The Hall–Kier alpha value is -2.18. The number of esters is 1. The fourth-order valence-corrected chi connectivity index (χ4v) is 3.64. The minimum absolute atomic E-state index is 0.105. The molecule has 23 heavy (non-hydrogen) atoms. The number of hydrogen-bond donors (Lipinski definition) is 0. The maximum Gasteiger partial charge on any atom is 0.307 e. The van der Waals surface area contributed by atoms with Crippen molar-refractivity contribution in [3.8, 4) is 11.1 Å². The standard InChI is InChI=1S/C17H16O5S/c1-21-17(18)8-9-22-23(19,20)14-6-7-16-13(11-14)10-12-4-2-3-5-15(12)16/h2-7,11H,8-10H2,1H3. The van der Waals surface area contributed by atoms with Crippen molar-refractivity contribution in [3.05, 3.63) is 53.6 Å². The highest BCUT2D eigenvalue weighted by Crippen LogP contribution is 2.37. The van der Waals surface area contributed by atoms with Crippen LogP contribution in [0.5, 0.6) is 0 Å². The highest BCUT2D eigenvalue weighted by Gasteiger charge is 2.22. The van der Waals surface area contributed by atoms with Gasteiger partial charge < -0.3 is 4.74 Å². The number of hydrogen-bond acceptors (Lipinski definition) is 5. The molecule has 0 aromatic heterocycles. The number of rotatable bonds is 5. The third-order valence-electron chi connectivity index (χ3n) is 3.83. The second-order valence-electron chi connectivity index (χ2n) is 5.26. The summed E-state index contributed by atoms with van der Waals surface area (Å²) in [6.07, 6.45) is 0.600. The van der Waals surface area contributed by atoms with Crippen LogP contribution in [0.2, 0.25) is 0 Å². The molecule has 0 saturated heterocycles. The molecule has 0 atom stereocenters. The van der Waals surface area contributed by atoms with Gasteiger partial charge in [0, 0.05) is 0 Å². The molecule has 3 rings (SSSR count). The molecule has 0 heterocycles. The van der Waals surface area contributed by atoms with Crippen LogP contribution >= 0.6 is 0 Å². The molecule has 2 aromatic rings. The number of carbonyl (C=O) groups excluding carboxylic acids is 1. The molecule has 0 amide bonds. The predicted octanol–water partition coefficient (Wildman–Crippen LogP) is 2.53. The summed E-state index contributed by atoms with van der Waals surface area (Å²) in [5, 5.41) is 0. The number of carbonyl (C=O) groups is 1. The Morgan fingerprint density at radius 1 is 1.09 bits per heavy atom. The van der Waals surface area contributed by atoms with Crippen LogP contribution in [0.1, 0.15) is 17.5 Å². The Balaban J connectivity index is 1.80. The molecule has 0 bridgehead atoms. The zero-order valence-electron chi connectivity index (χ0n) is 12.6. The van der Waals surface area contributed by atoms with E-state index in [1.807, 2.05) is 24.3 Å². The molecule has 2 aromatic carbocycles. The van der Waals surface area contributed by atoms with E-state index >= 15 is 0 Å². The van der Waals surface area contributed by atoms with Crippen molar-refractivity contribution in [3.63, 3.8) is 0 Å². The van der Waals surface area contributed by atoms with Crippen LogP contribution in [0, 0.1) is 0 Å². The lowest BCUT2D eigenvalue weighted by atomic mass is 10.1. The summed E-state index contributed by atoms with van der Waals surface area (Å²) in [7, 11) is -2.64. The van der Waals surface area contributed by atoms with Crippen LogP contribution in [0.4, 0.5) is 0 Å². The van der Waals surface area contributed by atoms with Gasteiger partial charge in [-0.2, -0.15) is 8.42 Å². The number of fused-ring (bicyclic) bond motifs is 3. The number of methoxy groups -OCH3 is 1. The molecule has 0 fully saturated rings.